The third-order valence-corrected chi connectivity index (χ3v) is 5.13. The summed E-state index contributed by atoms with van der Waals surface area (Å²) in [6, 6.07) is 7.93. The molecule has 2 aromatic rings. The van der Waals surface area contributed by atoms with Crippen LogP contribution in [0.5, 0.6) is 0 Å². The topological polar surface area (TPSA) is 71.8 Å². The van der Waals surface area contributed by atoms with Crippen LogP contribution in [0.2, 0.25) is 0 Å². The lowest BCUT2D eigenvalue weighted by atomic mass is 9.93. The number of benzene rings is 1. The molecule has 0 bridgehead atoms. The summed E-state index contributed by atoms with van der Waals surface area (Å²) in [4.78, 5) is 25.9. The molecule has 1 N–H and O–H groups in total. The van der Waals surface area contributed by atoms with E-state index in [4.69, 9.17) is 9.84 Å². The van der Waals surface area contributed by atoms with Gasteiger partial charge in [-0.05, 0) is 31.2 Å². The number of carboxylic acid groups (broad SMARTS) is 1. The van der Waals surface area contributed by atoms with Crippen LogP contribution in [-0.2, 0) is 16.1 Å². The number of amides is 1. The average molecular weight is 358 g/mol. The lowest BCUT2D eigenvalue weighted by Gasteiger charge is -2.32. The van der Waals surface area contributed by atoms with Gasteiger partial charge in [0.05, 0.1) is 12.2 Å². The smallest absolute Gasteiger partial charge is 0.303 e. The highest BCUT2D eigenvalue weighted by atomic mass is 16.5. The minimum absolute atomic E-state index is 0.0393. The van der Waals surface area contributed by atoms with Crippen molar-refractivity contribution in [2.24, 2.45) is 5.92 Å². The van der Waals surface area contributed by atoms with Crippen LogP contribution in [0.1, 0.15) is 36.0 Å². The Labute approximate surface area is 153 Å². The molecule has 6 heteroatoms. The van der Waals surface area contributed by atoms with E-state index in [-0.39, 0.29) is 18.2 Å². The SMILES string of the molecule is COCCn1cc(C(=O)N2CCCC(CCC(=O)O)C2)c2ccccc21. The number of fused-ring (bicyclic) bond motifs is 1. The minimum atomic E-state index is -0.769. The van der Waals surface area contributed by atoms with Crippen LogP contribution in [0.3, 0.4) is 0 Å². The number of hydrogen-bond donors (Lipinski definition) is 1. The lowest BCUT2D eigenvalue weighted by molar-refractivity contribution is -0.137. The van der Waals surface area contributed by atoms with Crippen molar-refractivity contribution in [2.75, 3.05) is 26.8 Å². The normalized spacial score (nSPS) is 17.6. The molecule has 0 spiro atoms. The summed E-state index contributed by atoms with van der Waals surface area (Å²) in [7, 11) is 1.67. The van der Waals surface area contributed by atoms with E-state index in [1.807, 2.05) is 35.4 Å². The Morgan fingerprint density at radius 1 is 1.31 bits per heavy atom. The second-order valence-corrected chi connectivity index (χ2v) is 6.94. The van der Waals surface area contributed by atoms with Crippen molar-refractivity contribution in [1.29, 1.82) is 0 Å². The van der Waals surface area contributed by atoms with Gasteiger partial charge < -0.3 is 19.3 Å². The zero-order valence-corrected chi connectivity index (χ0v) is 15.2. The number of rotatable bonds is 7. The van der Waals surface area contributed by atoms with Crippen LogP contribution < -0.4 is 0 Å². The largest absolute Gasteiger partial charge is 0.481 e. The number of piperidine rings is 1. The van der Waals surface area contributed by atoms with E-state index in [0.29, 0.717) is 26.1 Å². The van der Waals surface area contributed by atoms with Gasteiger partial charge >= 0.3 is 5.97 Å². The Morgan fingerprint density at radius 3 is 2.88 bits per heavy atom. The second kappa shape index (κ2) is 8.36. The van der Waals surface area contributed by atoms with E-state index >= 15 is 0 Å². The highest BCUT2D eigenvalue weighted by Crippen LogP contribution is 2.26. The Morgan fingerprint density at radius 2 is 2.12 bits per heavy atom. The predicted octanol–water partition coefficient (Wildman–Crippen LogP) is 3.00. The summed E-state index contributed by atoms with van der Waals surface area (Å²) in [6.45, 7) is 2.67. The van der Waals surface area contributed by atoms with Gasteiger partial charge in [-0.1, -0.05) is 18.2 Å². The first-order chi connectivity index (χ1) is 12.6. The van der Waals surface area contributed by atoms with Crippen molar-refractivity contribution in [3.63, 3.8) is 0 Å². The number of aromatic nitrogens is 1. The lowest BCUT2D eigenvalue weighted by Crippen LogP contribution is -2.40. The quantitative estimate of drug-likeness (QED) is 0.826. The van der Waals surface area contributed by atoms with Crippen LogP contribution in [0.25, 0.3) is 10.9 Å². The van der Waals surface area contributed by atoms with Crippen molar-refractivity contribution in [3.8, 4) is 0 Å². The number of carboxylic acids is 1. The molecule has 1 aromatic heterocycles. The van der Waals surface area contributed by atoms with Gasteiger partial charge in [0.1, 0.15) is 0 Å². The molecule has 26 heavy (non-hydrogen) atoms. The average Bonchev–Trinajstić information content (AvgIpc) is 3.03. The highest BCUT2D eigenvalue weighted by Gasteiger charge is 2.26. The van der Waals surface area contributed by atoms with Gasteiger partial charge in [-0.2, -0.15) is 0 Å². The van der Waals surface area contributed by atoms with Gasteiger partial charge in [0.2, 0.25) is 0 Å². The van der Waals surface area contributed by atoms with E-state index in [1.165, 1.54) is 0 Å². The van der Waals surface area contributed by atoms with Crippen LogP contribution >= 0.6 is 0 Å². The van der Waals surface area contributed by atoms with E-state index < -0.39 is 5.97 Å². The second-order valence-electron chi connectivity index (χ2n) is 6.94. The third kappa shape index (κ3) is 4.07. The van der Waals surface area contributed by atoms with Crippen LogP contribution in [0.15, 0.2) is 30.5 Å². The van der Waals surface area contributed by atoms with E-state index in [9.17, 15) is 9.59 Å². The Hall–Kier alpha value is -2.34. The van der Waals surface area contributed by atoms with E-state index in [2.05, 4.69) is 4.57 Å². The van der Waals surface area contributed by atoms with Crippen molar-refractivity contribution in [1.82, 2.24) is 9.47 Å². The van der Waals surface area contributed by atoms with E-state index in [0.717, 1.165) is 35.9 Å². The number of likely N-dealkylation sites (tertiary alicyclic amines) is 1. The first-order valence-electron chi connectivity index (χ1n) is 9.18. The van der Waals surface area contributed by atoms with Crippen molar-refractivity contribution >= 4 is 22.8 Å². The Bertz CT molecular complexity index is 783. The molecule has 3 rings (SSSR count). The third-order valence-electron chi connectivity index (χ3n) is 5.13. The molecule has 1 unspecified atom stereocenters. The van der Waals surface area contributed by atoms with Gasteiger partial charge in [-0.25, -0.2) is 0 Å². The number of nitrogens with zero attached hydrogens (tertiary/aromatic N) is 2. The number of hydrogen-bond acceptors (Lipinski definition) is 3. The molecular formula is C20H26N2O4. The maximum Gasteiger partial charge on any atom is 0.303 e. The molecule has 6 nitrogen and oxygen atoms in total. The van der Waals surface area contributed by atoms with Crippen molar-refractivity contribution in [3.05, 3.63) is 36.0 Å². The molecule has 1 saturated heterocycles. The minimum Gasteiger partial charge on any atom is -0.481 e. The number of aliphatic carboxylic acids is 1. The molecule has 1 atom stereocenters. The first kappa shape index (κ1) is 18.5. The van der Waals surface area contributed by atoms with Crippen LogP contribution in [-0.4, -0.2) is 53.3 Å². The molecule has 1 aliphatic heterocycles. The van der Waals surface area contributed by atoms with Gasteiger partial charge in [0.15, 0.2) is 0 Å². The first-order valence-corrected chi connectivity index (χ1v) is 9.18. The summed E-state index contributed by atoms with van der Waals surface area (Å²) in [5.74, 6) is -0.460. The molecule has 1 fully saturated rings. The summed E-state index contributed by atoms with van der Waals surface area (Å²) in [5.41, 5.74) is 1.75. The Kier molecular flexibility index (Phi) is 5.93. The zero-order chi connectivity index (χ0) is 18.5. The Balaban J connectivity index is 1.79. The number of carbonyl (C=O) groups is 2. The van der Waals surface area contributed by atoms with Gasteiger partial charge in [0, 0.05) is 50.3 Å². The monoisotopic (exact) mass is 358 g/mol. The standard InChI is InChI=1S/C20H26N2O4/c1-26-12-11-21-14-17(16-6-2-3-7-18(16)21)20(25)22-10-4-5-15(13-22)8-9-19(23)24/h2-3,6-7,14-15H,4-5,8-13H2,1H3,(H,23,24). The van der Waals surface area contributed by atoms with Crippen LogP contribution in [0, 0.1) is 5.92 Å². The highest BCUT2D eigenvalue weighted by molar-refractivity contribution is 6.07. The molecule has 1 amide bonds. The molecule has 1 aliphatic rings. The molecule has 0 saturated carbocycles. The maximum atomic E-state index is 13.1. The van der Waals surface area contributed by atoms with Crippen molar-refractivity contribution < 1.29 is 19.4 Å². The zero-order valence-electron chi connectivity index (χ0n) is 15.2. The summed E-state index contributed by atoms with van der Waals surface area (Å²) < 4.78 is 7.24. The number of carbonyl (C=O) groups excluding carboxylic acids is 1. The van der Waals surface area contributed by atoms with Gasteiger partial charge in [-0.15, -0.1) is 0 Å². The molecule has 140 valence electrons. The fraction of sp³-hybridized carbons (Fsp3) is 0.500. The van der Waals surface area contributed by atoms with E-state index in [1.54, 1.807) is 7.11 Å². The maximum absolute atomic E-state index is 13.1. The number of ether oxygens (including phenoxy) is 1. The number of methoxy groups -OCH3 is 1. The van der Waals surface area contributed by atoms with Gasteiger partial charge in [0.25, 0.3) is 5.91 Å². The molecule has 0 aliphatic carbocycles. The number of para-hydroxylation sites is 1. The molecular weight excluding hydrogens is 332 g/mol. The van der Waals surface area contributed by atoms with Gasteiger partial charge in [-0.3, -0.25) is 9.59 Å². The fourth-order valence-corrected chi connectivity index (χ4v) is 3.77. The molecule has 1 aromatic carbocycles. The van der Waals surface area contributed by atoms with Crippen LogP contribution in [0.4, 0.5) is 0 Å². The summed E-state index contributed by atoms with van der Waals surface area (Å²) >= 11 is 0. The predicted molar refractivity (Wildman–Crippen MR) is 99.3 cm³/mol. The molecule has 2 heterocycles. The molecule has 0 radical (unpaired) electrons. The fourth-order valence-electron chi connectivity index (χ4n) is 3.77. The summed E-state index contributed by atoms with van der Waals surface area (Å²) in [5, 5.41) is 9.86. The summed E-state index contributed by atoms with van der Waals surface area (Å²) in [6.07, 6.45) is 4.65. The van der Waals surface area contributed by atoms with Crippen molar-refractivity contribution in [2.45, 2.75) is 32.2 Å².